The number of aliphatic carboxylic acids is 1. The molecule has 0 fully saturated rings. The molecule has 0 amide bonds. The van der Waals surface area contributed by atoms with Crippen LogP contribution < -0.4 is 5.32 Å². The first kappa shape index (κ1) is 12.6. The van der Waals surface area contributed by atoms with Gasteiger partial charge in [-0.2, -0.15) is 0 Å². The maximum absolute atomic E-state index is 10.7. The van der Waals surface area contributed by atoms with Crippen LogP contribution in [-0.2, 0) is 11.3 Å². The lowest BCUT2D eigenvalue weighted by molar-refractivity contribution is -0.140. The van der Waals surface area contributed by atoms with Gasteiger partial charge in [0.2, 0.25) is 0 Å². The molecule has 0 aliphatic rings. The van der Waals surface area contributed by atoms with Crippen LogP contribution in [0.1, 0.15) is 12.5 Å². The zero-order chi connectivity index (χ0) is 13.0. The molecule has 2 rings (SSSR count). The van der Waals surface area contributed by atoms with Gasteiger partial charge in [-0.25, -0.2) is 0 Å². The Morgan fingerprint density at radius 2 is 1.94 bits per heavy atom. The smallest absolute Gasteiger partial charge is 0.307 e. The van der Waals surface area contributed by atoms with E-state index in [4.69, 9.17) is 5.11 Å². The van der Waals surface area contributed by atoms with E-state index in [1.54, 1.807) is 6.92 Å². The molecule has 0 bridgehead atoms. The Morgan fingerprint density at radius 1 is 1.22 bits per heavy atom. The molecule has 3 nitrogen and oxygen atoms in total. The summed E-state index contributed by atoms with van der Waals surface area (Å²) in [6, 6.07) is 14.5. The average Bonchev–Trinajstić information content (AvgIpc) is 2.38. The number of carboxylic acids is 1. The number of benzene rings is 2. The quantitative estimate of drug-likeness (QED) is 0.848. The molecule has 1 unspecified atom stereocenters. The minimum Gasteiger partial charge on any atom is -0.481 e. The third-order valence-electron chi connectivity index (χ3n) is 3.02. The highest BCUT2D eigenvalue weighted by atomic mass is 16.4. The number of hydrogen-bond donors (Lipinski definition) is 2. The van der Waals surface area contributed by atoms with Gasteiger partial charge < -0.3 is 10.4 Å². The van der Waals surface area contributed by atoms with Crippen molar-refractivity contribution in [2.24, 2.45) is 5.92 Å². The fourth-order valence-corrected chi connectivity index (χ4v) is 1.87. The highest BCUT2D eigenvalue weighted by Crippen LogP contribution is 2.15. The van der Waals surface area contributed by atoms with Crippen molar-refractivity contribution in [1.82, 2.24) is 5.32 Å². The van der Waals surface area contributed by atoms with Gasteiger partial charge in [-0.3, -0.25) is 4.79 Å². The van der Waals surface area contributed by atoms with Gasteiger partial charge in [0, 0.05) is 13.1 Å². The van der Waals surface area contributed by atoms with Gasteiger partial charge in [-0.05, 0) is 22.4 Å². The maximum Gasteiger partial charge on any atom is 0.307 e. The second-order valence-corrected chi connectivity index (χ2v) is 4.55. The predicted molar refractivity (Wildman–Crippen MR) is 72.5 cm³/mol. The summed E-state index contributed by atoms with van der Waals surface area (Å²) < 4.78 is 0. The molecule has 0 aliphatic heterocycles. The third kappa shape index (κ3) is 3.08. The van der Waals surface area contributed by atoms with Gasteiger partial charge in [0.1, 0.15) is 0 Å². The Balaban J connectivity index is 1.98. The zero-order valence-electron chi connectivity index (χ0n) is 10.4. The molecule has 0 saturated heterocycles. The summed E-state index contributed by atoms with van der Waals surface area (Å²) in [4.78, 5) is 10.7. The van der Waals surface area contributed by atoms with Crippen molar-refractivity contribution < 1.29 is 9.90 Å². The van der Waals surface area contributed by atoms with E-state index in [0.29, 0.717) is 13.1 Å². The van der Waals surface area contributed by atoms with Crippen LogP contribution in [0.3, 0.4) is 0 Å². The normalized spacial score (nSPS) is 12.5. The van der Waals surface area contributed by atoms with Gasteiger partial charge >= 0.3 is 5.97 Å². The van der Waals surface area contributed by atoms with E-state index in [1.165, 1.54) is 16.3 Å². The second kappa shape index (κ2) is 5.65. The van der Waals surface area contributed by atoms with E-state index in [-0.39, 0.29) is 5.92 Å². The molecule has 0 radical (unpaired) electrons. The molecule has 2 aromatic carbocycles. The topological polar surface area (TPSA) is 49.3 Å². The summed E-state index contributed by atoms with van der Waals surface area (Å²) in [5.41, 5.74) is 1.17. The first-order chi connectivity index (χ1) is 8.66. The summed E-state index contributed by atoms with van der Waals surface area (Å²) in [6.07, 6.45) is 0. The zero-order valence-corrected chi connectivity index (χ0v) is 10.4. The van der Waals surface area contributed by atoms with E-state index in [0.717, 1.165) is 0 Å². The number of hydrogen-bond acceptors (Lipinski definition) is 2. The standard InChI is InChI=1S/C15H17NO2/c1-11(15(17)18)9-16-10-12-6-7-13-4-2-3-5-14(13)8-12/h2-8,11,16H,9-10H2,1H3,(H,17,18). The van der Waals surface area contributed by atoms with E-state index in [9.17, 15) is 4.79 Å². The molecular weight excluding hydrogens is 226 g/mol. The van der Waals surface area contributed by atoms with Crippen molar-refractivity contribution in [2.75, 3.05) is 6.54 Å². The number of carbonyl (C=O) groups is 1. The van der Waals surface area contributed by atoms with Crippen LogP contribution in [-0.4, -0.2) is 17.6 Å². The first-order valence-corrected chi connectivity index (χ1v) is 6.08. The molecule has 0 spiro atoms. The van der Waals surface area contributed by atoms with Crippen LogP contribution in [0, 0.1) is 5.92 Å². The fourth-order valence-electron chi connectivity index (χ4n) is 1.87. The van der Waals surface area contributed by atoms with Gasteiger partial charge in [0.15, 0.2) is 0 Å². The van der Waals surface area contributed by atoms with Crippen molar-refractivity contribution in [3.63, 3.8) is 0 Å². The van der Waals surface area contributed by atoms with Crippen molar-refractivity contribution in [1.29, 1.82) is 0 Å². The van der Waals surface area contributed by atoms with Crippen LogP contribution in [0.25, 0.3) is 10.8 Å². The first-order valence-electron chi connectivity index (χ1n) is 6.08. The van der Waals surface area contributed by atoms with Gasteiger partial charge in [0.05, 0.1) is 5.92 Å². The molecule has 0 aliphatic carbocycles. The van der Waals surface area contributed by atoms with Gasteiger partial charge in [-0.1, -0.05) is 43.3 Å². The van der Waals surface area contributed by atoms with E-state index in [2.05, 4.69) is 35.6 Å². The Kier molecular flexibility index (Phi) is 3.95. The van der Waals surface area contributed by atoms with Gasteiger partial charge in [-0.15, -0.1) is 0 Å². The summed E-state index contributed by atoms with van der Waals surface area (Å²) in [5.74, 6) is -1.12. The minimum atomic E-state index is -0.763. The summed E-state index contributed by atoms with van der Waals surface area (Å²) in [5, 5.41) is 14.4. The van der Waals surface area contributed by atoms with Crippen LogP contribution in [0.15, 0.2) is 42.5 Å². The largest absolute Gasteiger partial charge is 0.481 e. The van der Waals surface area contributed by atoms with Crippen molar-refractivity contribution >= 4 is 16.7 Å². The summed E-state index contributed by atoms with van der Waals surface area (Å²) >= 11 is 0. The summed E-state index contributed by atoms with van der Waals surface area (Å²) in [6.45, 7) is 2.89. The molecule has 0 heterocycles. The lowest BCUT2D eigenvalue weighted by Crippen LogP contribution is -2.25. The SMILES string of the molecule is CC(CNCc1ccc2ccccc2c1)C(=O)O. The molecule has 94 valence electrons. The monoisotopic (exact) mass is 243 g/mol. The Bertz CT molecular complexity index is 551. The Morgan fingerprint density at radius 3 is 2.67 bits per heavy atom. The molecule has 3 heteroatoms. The number of fused-ring (bicyclic) bond motifs is 1. The molecule has 2 N–H and O–H groups in total. The van der Waals surface area contributed by atoms with E-state index < -0.39 is 5.97 Å². The Labute approximate surface area is 106 Å². The average molecular weight is 243 g/mol. The van der Waals surface area contributed by atoms with Crippen molar-refractivity contribution in [3.05, 3.63) is 48.0 Å². The highest BCUT2D eigenvalue weighted by Gasteiger charge is 2.09. The molecular formula is C15H17NO2. The predicted octanol–water partition coefficient (Wildman–Crippen LogP) is 2.65. The van der Waals surface area contributed by atoms with Crippen LogP contribution >= 0.6 is 0 Å². The number of rotatable bonds is 5. The lowest BCUT2D eigenvalue weighted by Gasteiger charge is -2.09. The molecule has 0 saturated carbocycles. The molecule has 2 aromatic rings. The molecule has 18 heavy (non-hydrogen) atoms. The number of carboxylic acid groups (broad SMARTS) is 1. The highest BCUT2D eigenvalue weighted by molar-refractivity contribution is 5.82. The third-order valence-corrected chi connectivity index (χ3v) is 3.02. The lowest BCUT2D eigenvalue weighted by atomic mass is 10.1. The second-order valence-electron chi connectivity index (χ2n) is 4.55. The Hall–Kier alpha value is -1.87. The van der Waals surface area contributed by atoms with E-state index in [1.807, 2.05) is 12.1 Å². The maximum atomic E-state index is 10.7. The fraction of sp³-hybridized carbons (Fsp3) is 0.267. The van der Waals surface area contributed by atoms with Crippen LogP contribution in [0.5, 0.6) is 0 Å². The van der Waals surface area contributed by atoms with Crippen molar-refractivity contribution in [3.8, 4) is 0 Å². The molecule has 0 aromatic heterocycles. The van der Waals surface area contributed by atoms with Crippen LogP contribution in [0.4, 0.5) is 0 Å². The van der Waals surface area contributed by atoms with Crippen LogP contribution in [0.2, 0.25) is 0 Å². The van der Waals surface area contributed by atoms with Crippen molar-refractivity contribution in [2.45, 2.75) is 13.5 Å². The number of nitrogens with one attached hydrogen (secondary N) is 1. The summed E-state index contributed by atoms with van der Waals surface area (Å²) in [7, 11) is 0. The van der Waals surface area contributed by atoms with E-state index >= 15 is 0 Å². The minimum absolute atomic E-state index is 0.356. The van der Waals surface area contributed by atoms with Gasteiger partial charge in [0.25, 0.3) is 0 Å². The molecule has 1 atom stereocenters.